The van der Waals surface area contributed by atoms with Gasteiger partial charge in [0.2, 0.25) is 5.43 Å². The van der Waals surface area contributed by atoms with Crippen LogP contribution in [-0.4, -0.2) is 39.5 Å². The number of nitrogens with zero attached hydrogens (tertiary/aromatic N) is 2. The smallest absolute Gasteiger partial charge is 0.274 e. The Kier molecular flexibility index (Phi) is 4.82. The second-order valence-corrected chi connectivity index (χ2v) is 7.56. The van der Waals surface area contributed by atoms with Crippen molar-refractivity contribution >= 4 is 23.4 Å². The molecule has 0 aliphatic carbocycles. The zero-order valence-electron chi connectivity index (χ0n) is 15.7. The van der Waals surface area contributed by atoms with Crippen LogP contribution in [0.2, 0.25) is 5.02 Å². The van der Waals surface area contributed by atoms with E-state index in [1.54, 1.807) is 15.5 Å². The molecular formula is C20H19ClFN3O4. The Bertz CT molecular complexity index is 1100. The van der Waals surface area contributed by atoms with Crippen LogP contribution in [0.4, 0.5) is 4.39 Å². The minimum Gasteiger partial charge on any atom is -0.503 e. The Morgan fingerprint density at radius 3 is 2.86 bits per heavy atom. The van der Waals surface area contributed by atoms with Crippen molar-refractivity contribution in [1.82, 2.24) is 14.8 Å². The molecule has 0 fully saturated rings. The summed E-state index contributed by atoms with van der Waals surface area (Å²) in [6.45, 7) is 2.59. The summed E-state index contributed by atoms with van der Waals surface area (Å²) in [5.41, 5.74) is -0.536. The number of carbonyl (C=O) groups is 2. The molecule has 1 unspecified atom stereocenters. The monoisotopic (exact) mass is 419 g/mol. The molecule has 2 amide bonds. The standard InChI is InChI=1S/C20H19ClFN3O4/c1-2-24-9-11-6-7-13-14(17(26)18(27)16(20(24)29)25(11)13)19(28)23-8-10-4-3-5-12(21)15(10)22/h3-5,11,27H,2,6-9H2,1H3,(H,23,28). The van der Waals surface area contributed by atoms with E-state index < -0.39 is 28.8 Å². The highest BCUT2D eigenvalue weighted by molar-refractivity contribution is 6.30. The first-order valence-electron chi connectivity index (χ1n) is 9.35. The highest BCUT2D eigenvalue weighted by atomic mass is 35.5. The van der Waals surface area contributed by atoms with Crippen LogP contribution in [0.3, 0.4) is 0 Å². The lowest BCUT2D eigenvalue weighted by Crippen LogP contribution is -2.44. The highest BCUT2D eigenvalue weighted by Crippen LogP contribution is 2.36. The fraction of sp³-hybridized carbons (Fsp3) is 0.350. The van der Waals surface area contributed by atoms with Crippen LogP contribution < -0.4 is 10.7 Å². The summed E-state index contributed by atoms with van der Waals surface area (Å²) in [7, 11) is 0. The molecule has 0 saturated heterocycles. The normalized spacial score (nSPS) is 17.4. The number of rotatable bonds is 4. The maximum atomic E-state index is 14.1. The van der Waals surface area contributed by atoms with Crippen molar-refractivity contribution in [3.63, 3.8) is 0 Å². The quantitative estimate of drug-likeness (QED) is 0.795. The van der Waals surface area contributed by atoms with Gasteiger partial charge in [0, 0.05) is 30.9 Å². The molecule has 152 valence electrons. The van der Waals surface area contributed by atoms with Crippen molar-refractivity contribution in [2.24, 2.45) is 0 Å². The van der Waals surface area contributed by atoms with Gasteiger partial charge >= 0.3 is 0 Å². The van der Waals surface area contributed by atoms with Crippen LogP contribution >= 0.6 is 11.6 Å². The van der Waals surface area contributed by atoms with Gasteiger partial charge in [-0.15, -0.1) is 0 Å². The van der Waals surface area contributed by atoms with Crippen LogP contribution in [0, 0.1) is 5.82 Å². The molecule has 9 heteroatoms. The van der Waals surface area contributed by atoms with Crippen LogP contribution in [0.25, 0.3) is 0 Å². The van der Waals surface area contributed by atoms with E-state index in [0.717, 1.165) is 0 Å². The Balaban J connectivity index is 1.72. The van der Waals surface area contributed by atoms with Gasteiger partial charge in [0.25, 0.3) is 11.8 Å². The summed E-state index contributed by atoms with van der Waals surface area (Å²) in [6, 6.07) is 4.34. The largest absolute Gasteiger partial charge is 0.503 e. The number of carbonyl (C=O) groups excluding carboxylic acids is 2. The van der Waals surface area contributed by atoms with E-state index >= 15 is 0 Å². The zero-order chi connectivity index (χ0) is 20.9. The number of hydrogen-bond donors (Lipinski definition) is 2. The molecule has 3 heterocycles. The molecular weight excluding hydrogens is 401 g/mol. The third-order valence-electron chi connectivity index (χ3n) is 5.57. The molecule has 2 aliphatic heterocycles. The van der Waals surface area contributed by atoms with Gasteiger partial charge < -0.3 is 19.9 Å². The number of halogens is 2. The first-order chi connectivity index (χ1) is 13.8. The van der Waals surface area contributed by atoms with Crippen molar-refractivity contribution in [3.8, 4) is 5.75 Å². The second kappa shape index (κ2) is 7.18. The second-order valence-electron chi connectivity index (χ2n) is 7.15. The van der Waals surface area contributed by atoms with Gasteiger partial charge in [0.1, 0.15) is 11.4 Å². The van der Waals surface area contributed by atoms with Gasteiger partial charge in [-0.3, -0.25) is 14.4 Å². The van der Waals surface area contributed by atoms with Crippen molar-refractivity contribution in [1.29, 1.82) is 0 Å². The fourth-order valence-corrected chi connectivity index (χ4v) is 4.32. The van der Waals surface area contributed by atoms with Gasteiger partial charge in [-0.05, 0) is 25.8 Å². The Morgan fingerprint density at radius 2 is 2.14 bits per heavy atom. The molecule has 2 aromatic rings. The van der Waals surface area contributed by atoms with E-state index in [-0.39, 0.29) is 34.4 Å². The topological polar surface area (TPSA) is 91.6 Å². The van der Waals surface area contributed by atoms with Crippen molar-refractivity contribution in [2.45, 2.75) is 32.4 Å². The molecule has 29 heavy (non-hydrogen) atoms. The molecule has 1 atom stereocenters. The predicted molar refractivity (Wildman–Crippen MR) is 104 cm³/mol. The van der Waals surface area contributed by atoms with Crippen LogP contribution in [0.1, 0.15) is 51.5 Å². The summed E-state index contributed by atoms with van der Waals surface area (Å²) in [4.78, 5) is 39.8. The Morgan fingerprint density at radius 1 is 1.38 bits per heavy atom. The number of aromatic hydroxyl groups is 1. The maximum absolute atomic E-state index is 14.1. The van der Waals surface area contributed by atoms with E-state index in [1.165, 1.54) is 12.1 Å². The number of amides is 2. The Labute approximate surface area is 170 Å². The molecule has 2 N–H and O–H groups in total. The first kappa shape index (κ1) is 19.4. The average molecular weight is 420 g/mol. The molecule has 2 aliphatic rings. The van der Waals surface area contributed by atoms with Crippen molar-refractivity contribution in [2.75, 3.05) is 13.1 Å². The summed E-state index contributed by atoms with van der Waals surface area (Å²) < 4.78 is 15.7. The van der Waals surface area contributed by atoms with Crippen LogP contribution in [0.15, 0.2) is 23.0 Å². The lowest BCUT2D eigenvalue weighted by Gasteiger charge is -2.34. The van der Waals surface area contributed by atoms with E-state index in [9.17, 15) is 23.9 Å². The number of aromatic nitrogens is 1. The number of nitrogens with one attached hydrogen (secondary N) is 1. The van der Waals surface area contributed by atoms with Gasteiger partial charge in [-0.2, -0.15) is 0 Å². The van der Waals surface area contributed by atoms with Gasteiger partial charge in [0.05, 0.1) is 11.1 Å². The van der Waals surface area contributed by atoms with E-state index in [0.29, 0.717) is 31.6 Å². The van der Waals surface area contributed by atoms with Crippen LogP contribution in [0.5, 0.6) is 5.75 Å². The van der Waals surface area contributed by atoms with E-state index in [2.05, 4.69) is 5.32 Å². The van der Waals surface area contributed by atoms with Crippen LogP contribution in [-0.2, 0) is 13.0 Å². The van der Waals surface area contributed by atoms with E-state index in [1.807, 2.05) is 6.92 Å². The molecule has 1 aromatic carbocycles. The molecule has 0 bridgehead atoms. The molecule has 7 nitrogen and oxygen atoms in total. The van der Waals surface area contributed by atoms with Crippen molar-refractivity contribution < 1.29 is 19.1 Å². The van der Waals surface area contributed by atoms with Gasteiger partial charge in [0.15, 0.2) is 11.4 Å². The highest BCUT2D eigenvalue weighted by Gasteiger charge is 2.40. The van der Waals surface area contributed by atoms with Crippen molar-refractivity contribution in [3.05, 3.63) is 61.8 Å². The number of likely N-dealkylation sites (N-methyl/N-ethyl adjacent to an activating group) is 1. The Hall–Kier alpha value is -2.87. The maximum Gasteiger partial charge on any atom is 0.274 e. The number of benzene rings is 1. The lowest BCUT2D eigenvalue weighted by atomic mass is 10.1. The summed E-state index contributed by atoms with van der Waals surface area (Å²) >= 11 is 5.75. The van der Waals surface area contributed by atoms with Gasteiger partial charge in [-0.1, -0.05) is 23.7 Å². The summed E-state index contributed by atoms with van der Waals surface area (Å²) in [5, 5.41) is 12.9. The summed E-state index contributed by atoms with van der Waals surface area (Å²) in [6.07, 6.45) is 1.09. The molecule has 0 saturated carbocycles. The molecule has 0 spiro atoms. The van der Waals surface area contributed by atoms with E-state index in [4.69, 9.17) is 11.6 Å². The SMILES string of the molecule is CCN1CC2CCc3c(C(=O)NCc4cccc(Cl)c4F)c(=O)c(O)c(n32)C1=O. The molecule has 1 aromatic heterocycles. The fourth-order valence-electron chi connectivity index (χ4n) is 4.13. The minimum atomic E-state index is -0.887. The van der Waals surface area contributed by atoms with Gasteiger partial charge in [-0.25, -0.2) is 4.39 Å². The number of hydrogen-bond acceptors (Lipinski definition) is 4. The number of pyridine rings is 1. The lowest BCUT2D eigenvalue weighted by molar-refractivity contribution is 0.0676. The third kappa shape index (κ3) is 2.98. The molecule has 4 rings (SSSR count). The summed E-state index contributed by atoms with van der Waals surface area (Å²) in [5.74, 6) is -2.51. The minimum absolute atomic E-state index is 0.0574. The first-order valence-corrected chi connectivity index (χ1v) is 9.73. The average Bonchev–Trinajstić information content (AvgIpc) is 3.11. The predicted octanol–water partition coefficient (Wildman–Crippen LogP) is 2.24. The zero-order valence-corrected chi connectivity index (χ0v) is 16.4. The third-order valence-corrected chi connectivity index (χ3v) is 5.86. The molecule has 0 radical (unpaired) electrons.